The highest BCUT2D eigenvalue weighted by atomic mass is 35.5. The molecule has 0 N–H and O–H groups in total. The lowest BCUT2D eigenvalue weighted by atomic mass is 9.99. The summed E-state index contributed by atoms with van der Waals surface area (Å²) in [5.41, 5.74) is 2.12. The number of carbonyl (C=O) groups is 1. The fourth-order valence-electron chi connectivity index (χ4n) is 3.53. The summed E-state index contributed by atoms with van der Waals surface area (Å²) in [5, 5.41) is 0.737. The number of aromatic nitrogens is 1. The minimum absolute atomic E-state index is 0.0605. The Labute approximate surface area is 160 Å². The largest absolute Gasteiger partial charge is 0.340 e. The summed E-state index contributed by atoms with van der Waals surface area (Å²) in [6, 6.07) is 14.1. The van der Waals surface area contributed by atoms with E-state index in [4.69, 9.17) is 11.6 Å². The van der Waals surface area contributed by atoms with Gasteiger partial charge < -0.3 is 4.90 Å². The zero-order chi connectivity index (χ0) is 18.5. The third kappa shape index (κ3) is 4.43. The van der Waals surface area contributed by atoms with Crippen LogP contribution in [0.25, 0.3) is 0 Å². The second-order valence-electron chi connectivity index (χ2n) is 6.99. The van der Waals surface area contributed by atoms with E-state index in [2.05, 4.69) is 22.9 Å². The van der Waals surface area contributed by atoms with Crippen molar-refractivity contribution in [2.45, 2.75) is 26.3 Å². The van der Waals surface area contributed by atoms with Gasteiger partial charge >= 0.3 is 0 Å². The van der Waals surface area contributed by atoms with E-state index in [9.17, 15) is 4.79 Å². The Balaban J connectivity index is 1.54. The maximum atomic E-state index is 12.8. The van der Waals surface area contributed by atoms with Gasteiger partial charge in [0, 0.05) is 49.4 Å². The van der Waals surface area contributed by atoms with Crippen molar-refractivity contribution in [3.63, 3.8) is 0 Å². The maximum Gasteiger partial charge on any atom is 0.225 e. The first-order chi connectivity index (χ1) is 12.6. The molecular formula is C21H26ClN3O. The van der Waals surface area contributed by atoms with Crippen molar-refractivity contribution in [2.24, 2.45) is 5.92 Å². The summed E-state index contributed by atoms with van der Waals surface area (Å²) >= 11 is 6.23. The van der Waals surface area contributed by atoms with E-state index in [1.54, 1.807) is 0 Å². The van der Waals surface area contributed by atoms with Gasteiger partial charge in [-0.3, -0.25) is 14.7 Å². The molecule has 4 nitrogen and oxygen atoms in total. The molecule has 1 aromatic carbocycles. The molecule has 3 rings (SSSR count). The molecule has 1 aliphatic heterocycles. The monoisotopic (exact) mass is 371 g/mol. The lowest BCUT2D eigenvalue weighted by molar-refractivity contribution is -0.137. The summed E-state index contributed by atoms with van der Waals surface area (Å²) in [6.45, 7) is 7.46. The molecule has 2 aromatic rings. The van der Waals surface area contributed by atoms with Gasteiger partial charge in [-0.1, -0.05) is 42.8 Å². The molecule has 1 fully saturated rings. The molecule has 2 heterocycles. The van der Waals surface area contributed by atoms with Crippen LogP contribution in [0.3, 0.4) is 0 Å². The fourth-order valence-corrected chi connectivity index (χ4v) is 3.75. The molecule has 5 heteroatoms. The van der Waals surface area contributed by atoms with Crippen molar-refractivity contribution >= 4 is 17.5 Å². The number of piperazine rings is 1. The van der Waals surface area contributed by atoms with Crippen LogP contribution >= 0.6 is 11.6 Å². The summed E-state index contributed by atoms with van der Waals surface area (Å²) < 4.78 is 0. The number of hydrogen-bond acceptors (Lipinski definition) is 3. The van der Waals surface area contributed by atoms with Crippen LogP contribution in [0.2, 0.25) is 5.02 Å². The number of halogens is 1. The number of pyridine rings is 1. The van der Waals surface area contributed by atoms with Crippen LogP contribution in [-0.2, 0) is 11.2 Å². The zero-order valence-electron chi connectivity index (χ0n) is 15.4. The number of nitrogens with zero attached hydrogens (tertiary/aromatic N) is 3. The molecule has 0 saturated carbocycles. The van der Waals surface area contributed by atoms with E-state index in [0.29, 0.717) is 6.42 Å². The molecule has 1 amide bonds. The van der Waals surface area contributed by atoms with Gasteiger partial charge in [0.2, 0.25) is 5.91 Å². The molecule has 2 atom stereocenters. The van der Waals surface area contributed by atoms with Crippen molar-refractivity contribution in [1.82, 2.24) is 14.8 Å². The van der Waals surface area contributed by atoms with E-state index in [0.717, 1.165) is 42.5 Å². The van der Waals surface area contributed by atoms with Gasteiger partial charge in [-0.25, -0.2) is 0 Å². The molecule has 1 aliphatic rings. The molecule has 138 valence electrons. The van der Waals surface area contributed by atoms with Crippen molar-refractivity contribution in [3.05, 3.63) is 64.9 Å². The Bertz CT molecular complexity index is 729. The van der Waals surface area contributed by atoms with Crippen molar-refractivity contribution in [3.8, 4) is 0 Å². The van der Waals surface area contributed by atoms with Gasteiger partial charge in [-0.05, 0) is 37.1 Å². The highest BCUT2D eigenvalue weighted by molar-refractivity contribution is 6.31. The molecule has 0 unspecified atom stereocenters. The van der Waals surface area contributed by atoms with Gasteiger partial charge in [0.05, 0.1) is 5.69 Å². The third-order valence-corrected chi connectivity index (χ3v) is 5.56. The summed E-state index contributed by atoms with van der Waals surface area (Å²) in [4.78, 5) is 21.7. The van der Waals surface area contributed by atoms with Gasteiger partial charge in [0.15, 0.2) is 0 Å². The first-order valence-electron chi connectivity index (χ1n) is 9.23. The van der Waals surface area contributed by atoms with Gasteiger partial charge in [0.25, 0.3) is 0 Å². The van der Waals surface area contributed by atoms with E-state index >= 15 is 0 Å². The van der Waals surface area contributed by atoms with Crippen LogP contribution in [0, 0.1) is 5.92 Å². The average molecular weight is 372 g/mol. The molecule has 0 spiro atoms. The van der Waals surface area contributed by atoms with Crippen molar-refractivity contribution < 1.29 is 4.79 Å². The second kappa shape index (κ2) is 8.65. The smallest absolute Gasteiger partial charge is 0.225 e. The van der Waals surface area contributed by atoms with E-state index in [1.165, 1.54) is 0 Å². The topological polar surface area (TPSA) is 36.4 Å². The van der Waals surface area contributed by atoms with Crippen LogP contribution in [0.4, 0.5) is 0 Å². The average Bonchev–Trinajstić information content (AvgIpc) is 2.69. The first-order valence-corrected chi connectivity index (χ1v) is 9.61. The Morgan fingerprint density at radius 2 is 1.77 bits per heavy atom. The molecule has 1 saturated heterocycles. The lowest BCUT2D eigenvalue weighted by Crippen LogP contribution is -2.50. The maximum absolute atomic E-state index is 12.8. The standard InChI is InChI=1S/C21H26ClN3O/c1-16(15-18-7-3-4-8-19(18)22)21(26)25-13-11-24(12-14-25)17(2)20-9-5-6-10-23-20/h3-10,16-17H,11-15H2,1-2H3/t16-,17+/m0/s1. The number of carbonyl (C=O) groups excluding carboxylic acids is 1. The summed E-state index contributed by atoms with van der Waals surface area (Å²) in [6.07, 6.45) is 2.52. The van der Waals surface area contributed by atoms with E-state index in [1.807, 2.05) is 54.4 Å². The highest BCUT2D eigenvalue weighted by Crippen LogP contribution is 2.22. The molecule has 0 radical (unpaired) electrons. The van der Waals surface area contributed by atoms with Crippen molar-refractivity contribution in [2.75, 3.05) is 26.2 Å². The number of benzene rings is 1. The SMILES string of the molecule is C[C@H](c1ccccn1)N1CCN(C(=O)[C@@H](C)Cc2ccccc2Cl)CC1. The van der Waals surface area contributed by atoms with Crippen LogP contribution in [0.1, 0.15) is 31.1 Å². The van der Waals surface area contributed by atoms with Crippen LogP contribution in [0.5, 0.6) is 0 Å². The van der Waals surface area contributed by atoms with Crippen LogP contribution in [0.15, 0.2) is 48.7 Å². The predicted molar refractivity (Wildman–Crippen MR) is 105 cm³/mol. The van der Waals surface area contributed by atoms with Crippen LogP contribution in [-0.4, -0.2) is 46.9 Å². The predicted octanol–water partition coefficient (Wildman–Crippen LogP) is 3.82. The Kier molecular flexibility index (Phi) is 6.28. The molecule has 1 aromatic heterocycles. The third-order valence-electron chi connectivity index (χ3n) is 5.19. The summed E-state index contributed by atoms with van der Waals surface area (Å²) in [5.74, 6) is 0.157. The number of rotatable bonds is 5. The summed E-state index contributed by atoms with van der Waals surface area (Å²) in [7, 11) is 0. The molecular weight excluding hydrogens is 346 g/mol. The fraction of sp³-hybridized carbons (Fsp3) is 0.429. The molecule has 26 heavy (non-hydrogen) atoms. The number of amides is 1. The van der Waals surface area contributed by atoms with Gasteiger partial charge in [0.1, 0.15) is 0 Å². The highest BCUT2D eigenvalue weighted by Gasteiger charge is 2.27. The normalized spacial score (nSPS) is 17.7. The number of hydrogen-bond donors (Lipinski definition) is 0. The Hall–Kier alpha value is -1.91. The van der Waals surface area contributed by atoms with E-state index < -0.39 is 0 Å². The van der Waals surface area contributed by atoms with Crippen LogP contribution < -0.4 is 0 Å². The molecule has 0 bridgehead atoms. The molecule has 0 aliphatic carbocycles. The van der Waals surface area contributed by atoms with Gasteiger partial charge in [-0.15, -0.1) is 0 Å². The van der Waals surface area contributed by atoms with Crippen molar-refractivity contribution in [1.29, 1.82) is 0 Å². The zero-order valence-corrected chi connectivity index (χ0v) is 16.2. The second-order valence-corrected chi connectivity index (χ2v) is 7.40. The van der Waals surface area contributed by atoms with Gasteiger partial charge in [-0.2, -0.15) is 0 Å². The Morgan fingerprint density at radius 3 is 2.42 bits per heavy atom. The Morgan fingerprint density at radius 1 is 1.08 bits per heavy atom. The lowest BCUT2D eigenvalue weighted by Gasteiger charge is -2.38. The quantitative estimate of drug-likeness (QED) is 0.801. The first kappa shape index (κ1) is 18.9. The minimum Gasteiger partial charge on any atom is -0.340 e. The minimum atomic E-state index is -0.0605. The van der Waals surface area contributed by atoms with E-state index in [-0.39, 0.29) is 17.9 Å².